The molecule has 0 fully saturated rings. The highest BCUT2D eigenvalue weighted by molar-refractivity contribution is 9.10. The van der Waals surface area contributed by atoms with Gasteiger partial charge in [-0.25, -0.2) is 0 Å². The van der Waals surface area contributed by atoms with Gasteiger partial charge in [0.1, 0.15) is 18.0 Å². The summed E-state index contributed by atoms with van der Waals surface area (Å²) < 4.78 is 12.3. The van der Waals surface area contributed by atoms with E-state index in [0.29, 0.717) is 12.9 Å². The van der Waals surface area contributed by atoms with Crippen LogP contribution >= 0.6 is 28.3 Å². The third-order valence-corrected chi connectivity index (χ3v) is 5.20. The maximum atomic E-state index is 10.5. The number of hydrogen-bond donors (Lipinski definition) is 2. The molecule has 7 heteroatoms. The molecule has 3 rings (SSSR count). The quantitative estimate of drug-likeness (QED) is 0.335. The maximum Gasteiger partial charge on any atom is 0.293 e. The first-order chi connectivity index (χ1) is 13.0. The van der Waals surface area contributed by atoms with Crippen LogP contribution in [0.15, 0.2) is 46.9 Å². The Bertz CT molecular complexity index is 945. The lowest BCUT2D eigenvalue weighted by molar-refractivity contribution is -0.132. The Hall–Kier alpha value is -2.18. The summed E-state index contributed by atoms with van der Waals surface area (Å²) in [5, 5.41) is 0.977. The highest BCUT2D eigenvalue weighted by atomic mass is 79.9. The van der Waals surface area contributed by atoms with Crippen molar-refractivity contribution in [1.29, 1.82) is 0 Å². The molecule has 150 valence electrons. The van der Waals surface area contributed by atoms with Crippen LogP contribution in [0.1, 0.15) is 37.6 Å². The number of anilines is 1. The predicted molar refractivity (Wildman–Crippen MR) is 118 cm³/mol. The van der Waals surface area contributed by atoms with E-state index >= 15 is 0 Å². The first-order valence-electron chi connectivity index (χ1n) is 8.93. The van der Waals surface area contributed by atoms with Crippen LogP contribution < -0.4 is 10.5 Å². The number of fused-ring (bicyclic) bond motifs is 1. The first-order valence-corrected chi connectivity index (χ1v) is 9.73. The predicted octanol–water partition coefficient (Wildman–Crippen LogP) is 5.57. The number of carbonyl (C=O) groups is 1. The molecule has 3 N–H and O–H groups in total. The van der Waals surface area contributed by atoms with E-state index in [9.17, 15) is 4.79 Å². The van der Waals surface area contributed by atoms with E-state index in [0.717, 1.165) is 44.5 Å². The highest BCUT2D eigenvalue weighted by Crippen LogP contribution is 2.36. The zero-order valence-corrected chi connectivity index (χ0v) is 18.2. The van der Waals surface area contributed by atoms with Crippen LogP contribution in [0.5, 0.6) is 5.75 Å². The van der Waals surface area contributed by atoms with Gasteiger partial charge in [-0.1, -0.05) is 25.1 Å². The summed E-state index contributed by atoms with van der Waals surface area (Å²) in [6.07, 6.45) is 1.06. The van der Waals surface area contributed by atoms with Crippen molar-refractivity contribution >= 4 is 51.4 Å². The summed E-state index contributed by atoms with van der Waals surface area (Å²) in [6, 6.07) is 13.7. The number of hydrogen-bond acceptors (Lipinski definition) is 4. The van der Waals surface area contributed by atoms with Crippen molar-refractivity contribution in [2.45, 2.75) is 38.9 Å². The van der Waals surface area contributed by atoms with Crippen molar-refractivity contribution < 1.29 is 14.3 Å². The first kappa shape index (κ1) is 22.1. The number of H-pyrrole nitrogens is 1. The van der Waals surface area contributed by atoms with E-state index in [2.05, 4.69) is 27.8 Å². The third kappa shape index (κ3) is 4.80. The van der Waals surface area contributed by atoms with Gasteiger partial charge in [-0.2, -0.15) is 0 Å². The maximum absolute atomic E-state index is 10.5. The van der Waals surface area contributed by atoms with Gasteiger partial charge in [0.05, 0.1) is 5.52 Å². The largest absolute Gasteiger partial charge is 0.485 e. The van der Waals surface area contributed by atoms with Crippen LogP contribution in [0, 0.1) is 0 Å². The number of nitrogens with two attached hydrogens (primary N) is 1. The van der Waals surface area contributed by atoms with Crippen LogP contribution in [0.3, 0.4) is 0 Å². The van der Waals surface area contributed by atoms with E-state index in [1.54, 1.807) is 0 Å². The molecule has 1 aromatic heterocycles. The second kappa shape index (κ2) is 9.85. The molecule has 3 aromatic rings. The van der Waals surface area contributed by atoms with Crippen LogP contribution in [0.2, 0.25) is 0 Å². The van der Waals surface area contributed by atoms with Crippen LogP contribution in [0.25, 0.3) is 10.9 Å². The zero-order chi connectivity index (χ0) is 19.4. The van der Waals surface area contributed by atoms with Gasteiger partial charge in [-0.15, -0.1) is 12.4 Å². The van der Waals surface area contributed by atoms with Gasteiger partial charge in [0, 0.05) is 33.2 Å². The van der Waals surface area contributed by atoms with Crippen LogP contribution in [-0.2, 0) is 16.0 Å². The number of nitrogens with one attached hydrogen (secondary N) is 1. The molecule has 5 nitrogen and oxygen atoms in total. The van der Waals surface area contributed by atoms with Gasteiger partial charge in [0.15, 0.2) is 0 Å². The summed E-state index contributed by atoms with van der Waals surface area (Å²) in [6.45, 7) is 4.42. The van der Waals surface area contributed by atoms with Crippen molar-refractivity contribution in [2.75, 3.05) is 5.73 Å². The molecule has 0 aliphatic heterocycles. The minimum Gasteiger partial charge on any atom is -0.485 e. The summed E-state index contributed by atoms with van der Waals surface area (Å²) >= 11 is 3.59. The molecule has 0 saturated carbocycles. The molecule has 2 atom stereocenters. The molecule has 0 aliphatic rings. The van der Waals surface area contributed by atoms with Crippen molar-refractivity contribution in [2.24, 2.45) is 0 Å². The third-order valence-electron chi connectivity index (χ3n) is 4.54. The molecule has 1 heterocycles. The zero-order valence-electron chi connectivity index (χ0n) is 15.8. The Morgan fingerprint density at radius 2 is 2.00 bits per heavy atom. The summed E-state index contributed by atoms with van der Waals surface area (Å²) in [5.74, 6) is 0.787. The average Bonchev–Trinajstić information content (AvgIpc) is 3.07. The molecule has 28 heavy (non-hydrogen) atoms. The van der Waals surface area contributed by atoms with Crippen molar-refractivity contribution in [1.82, 2.24) is 4.98 Å². The number of carbonyl (C=O) groups excluding carboxylic acids is 1. The van der Waals surface area contributed by atoms with Gasteiger partial charge in [0.2, 0.25) is 0 Å². The second-order valence-electron chi connectivity index (χ2n) is 6.52. The Balaban J connectivity index is 0.00000280. The number of ether oxygens (including phenoxy) is 2. The van der Waals surface area contributed by atoms with E-state index in [1.807, 2.05) is 49.4 Å². The van der Waals surface area contributed by atoms with Gasteiger partial charge in [-0.3, -0.25) is 4.79 Å². The molecule has 2 aromatic carbocycles. The monoisotopic (exact) mass is 466 g/mol. The molecule has 0 saturated heterocycles. The summed E-state index contributed by atoms with van der Waals surface area (Å²) in [4.78, 5) is 13.9. The lowest BCUT2D eigenvalue weighted by Crippen LogP contribution is -2.10. The fourth-order valence-electron chi connectivity index (χ4n) is 3.20. The van der Waals surface area contributed by atoms with Crippen molar-refractivity contribution in [3.63, 3.8) is 0 Å². The Kier molecular flexibility index (Phi) is 7.78. The molecule has 0 aliphatic carbocycles. The van der Waals surface area contributed by atoms with E-state index < -0.39 is 0 Å². The fraction of sp³-hybridized carbons (Fsp3) is 0.286. The second-order valence-corrected chi connectivity index (χ2v) is 7.37. The number of aromatic nitrogens is 1. The van der Waals surface area contributed by atoms with Gasteiger partial charge < -0.3 is 20.2 Å². The normalized spacial score (nSPS) is 12.8. The molecular weight excluding hydrogens is 444 g/mol. The summed E-state index contributed by atoms with van der Waals surface area (Å²) in [5.41, 5.74) is 9.78. The minimum absolute atomic E-state index is 0. The number of para-hydroxylation sites is 1. The van der Waals surface area contributed by atoms with E-state index in [4.69, 9.17) is 15.2 Å². The minimum atomic E-state index is -0.203. The number of nitrogen functional groups attached to an aromatic ring is 1. The van der Waals surface area contributed by atoms with Crippen molar-refractivity contribution in [3.05, 3.63) is 58.2 Å². The molecule has 0 bridgehead atoms. The Labute approximate surface area is 179 Å². The lowest BCUT2D eigenvalue weighted by Gasteiger charge is -2.20. The smallest absolute Gasteiger partial charge is 0.293 e. The number of rotatable bonds is 8. The summed E-state index contributed by atoms with van der Waals surface area (Å²) in [7, 11) is 0. The Morgan fingerprint density at radius 1 is 1.25 bits per heavy atom. The van der Waals surface area contributed by atoms with Crippen LogP contribution in [0.4, 0.5) is 5.69 Å². The molecule has 0 radical (unpaired) electrons. The van der Waals surface area contributed by atoms with Gasteiger partial charge >= 0.3 is 0 Å². The molecule has 0 amide bonds. The Morgan fingerprint density at radius 3 is 2.68 bits per heavy atom. The van der Waals surface area contributed by atoms with Crippen LogP contribution in [-0.4, -0.2) is 17.6 Å². The van der Waals surface area contributed by atoms with E-state index in [1.165, 1.54) is 0 Å². The van der Waals surface area contributed by atoms with E-state index in [-0.39, 0.29) is 24.6 Å². The number of aromatic amines is 1. The molecule has 0 spiro atoms. The highest BCUT2D eigenvalue weighted by Gasteiger charge is 2.18. The SMILES string of the molecule is CCC(Oc1ccc(Br)c2[nH]c(CC(C)OC=O)cc12)c1ccccc1N.Cl. The average molecular weight is 468 g/mol. The molecular formula is C21H24BrClN2O3. The van der Waals surface area contributed by atoms with Gasteiger partial charge in [-0.05, 0) is 53.5 Å². The lowest BCUT2D eigenvalue weighted by atomic mass is 10.0. The number of benzene rings is 2. The topological polar surface area (TPSA) is 77.3 Å². The number of halogens is 2. The van der Waals surface area contributed by atoms with Crippen molar-refractivity contribution in [3.8, 4) is 5.75 Å². The molecule has 2 unspecified atom stereocenters. The standard InChI is InChI=1S/C21H23BrN2O3.ClH/c1-3-19(15-6-4-5-7-18(15)23)27-20-9-8-17(22)21-16(20)11-14(24-21)10-13(2)26-12-25;/h4-9,11-13,19,24H,3,10,23H2,1-2H3;1H. The fourth-order valence-corrected chi connectivity index (χ4v) is 3.65. The van der Waals surface area contributed by atoms with Gasteiger partial charge in [0.25, 0.3) is 6.47 Å².